The smallest absolute Gasteiger partial charge is 0.166 e. The molecule has 0 amide bonds. The fraction of sp³-hybridized carbons (Fsp3) is 0.111. The van der Waals surface area contributed by atoms with Crippen LogP contribution in [0.2, 0.25) is 0 Å². The van der Waals surface area contributed by atoms with Gasteiger partial charge < -0.3 is 4.98 Å². The maximum Gasteiger partial charge on any atom is 0.166 e. The molecule has 1 aromatic heterocycles. The first kappa shape index (κ1) is 13.3. The van der Waals surface area contributed by atoms with Gasteiger partial charge in [0.05, 0.1) is 5.69 Å². The Labute approximate surface area is 122 Å². The number of carbonyl (C=O) groups is 2. The van der Waals surface area contributed by atoms with Gasteiger partial charge in [-0.2, -0.15) is 0 Å². The van der Waals surface area contributed by atoms with E-state index in [0.29, 0.717) is 16.8 Å². The lowest BCUT2D eigenvalue weighted by Crippen LogP contribution is -1.96. The molecule has 0 spiro atoms. The highest BCUT2D eigenvalue weighted by molar-refractivity contribution is 6.06. The second-order valence-electron chi connectivity index (χ2n) is 5.15. The van der Waals surface area contributed by atoms with Crippen LogP contribution in [0.25, 0.3) is 21.9 Å². The molecule has 0 saturated heterocycles. The fourth-order valence-electron chi connectivity index (χ4n) is 2.82. The Morgan fingerprint density at radius 3 is 2.48 bits per heavy atom. The van der Waals surface area contributed by atoms with Crippen molar-refractivity contribution in [1.82, 2.24) is 4.98 Å². The van der Waals surface area contributed by atoms with E-state index in [0.717, 1.165) is 28.3 Å². The van der Waals surface area contributed by atoms with Crippen molar-refractivity contribution in [1.29, 1.82) is 0 Å². The summed E-state index contributed by atoms with van der Waals surface area (Å²) in [6.07, 6.45) is 0.768. The molecule has 0 aliphatic heterocycles. The molecule has 0 radical (unpaired) electrons. The maximum atomic E-state index is 11.9. The van der Waals surface area contributed by atoms with Crippen LogP contribution in [0.3, 0.4) is 0 Å². The summed E-state index contributed by atoms with van der Waals surface area (Å²) in [5, 5.41) is 2.21. The van der Waals surface area contributed by atoms with Crippen LogP contribution >= 0.6 is 0 Å². The minimum atomic E-state index is -0.0417. The number of ketones is 1. The van der Waals surface area contributed by atoms with Gasteiger partial charge in [0.1, 0.15) is 0 Å². The predicted molar refractivity (Wildman–Crippen MR) is 83.9 cm³/mol. The first-order chi connectivity index (χ1) is 10.1. The van der Waals surface area contributed by atoms with Gasteiger partial charge in [-0.15, -0.1) is 0 Å². The van der Waals surface area contributed by atoms with Crippen LogP contribution in [-0.2, 0) is 0 Å². The van der Waals surface area contributed by atoms with Crippen LogP contribution in [0.5, 0.6) is 0 Å². The number of rotatable bonds is 3. The van der Waals surface area contributed by atoms with Gasteiger partial charge in [0, 0.05) is 16.8 Å². The highest BCUT2D eigenvalue weighted by Crippen LogP contribution is 2.32. The predicted octanol–water partition coefficient (Wildman–Crippen LogP) is 4.16. The molecule has 3 aromatic rings. The number of hydrogen-bond acceptors (Lipinski definition) is 2. The van der Waals surface area contributed by atoms with E-state index in [4.69, 9.17) is 0 Å². The van der Waals surface area contributed by atoms with E-state index < -0.39 is 0 Å². The van der Waals surface area contributed by atoms with Crippen LogP contribution in [0.1, 0.15) is 33.5 Å². The van der Waals surface area contributed by atoms with Gasteiger partial charge in [0.25, 0.3) is 0 Å². The minimum Gasteiger partial charge on any atom is -0.355 e. The Morgan fingerprint density at radius 1 is 1.10 bits per heavy atom. The zero-order valence-corrected chi connectivity index (χ0v) is 11.9. The summed E-state index contributed by atoms with van der Waals surface area (Å²) < 4.78 is 0. The average molecular weight is 277 g/mol. The lowest BCUT2D eigenvalue weighted by Gasteiger charge is -2.06. The van der Waals surface area contributed by atoms with E-state index in [9.17, 15) is 9.59 Å². The third kappa shape index (κ3) is 2.17. The molecule has 0 aliphatic rings. The van der Waals surface area contributed by atoms with Crippen molar-refractivity contribution in [2.75, 3.05) is 0 Å². The standard InChI is InChI=1S/C18H15NO2/c1-11-17(12(2)21)18(16(10-20)19-11)15-8-7-13-5-3-4-6-14(13)9-15/h3-10,19H,1-2H3. The van der Waals surface area contributed by atoms with Crippen molar-refractivity contribution in [3.63, 3.8) is 0 Å². The van der Waals surface area contributed by atoms with E-state index in [-0.39, 0.29) is 5.78 Å². The topological polar surface area (TPSA) is 49.9 Å². The molecular weight excluding hydrogens is 262 g/mol. The monoisotopic (exact) mass is 277 g/mol. The first-order valence-electron chi connectivity index (χ1n) is 6.79. The van der Waals surface area contributed by atoms with Gasteiger partial charge >= 0.3 is 0 Å². The second kappa shape index (κ2) is 5.02. The minimum absolute atomic E-state index is 0.0417. The largest absolute Gasteiger partial charge is 0.355 e. The second-order valence-corrected chi connectivity index (χ2v) is 5.15. The van der Waals surface area contributed by atoms with Crippen molar-refractivity contribution in [3.05, 3.63) is 59.4 Å². The Hall–Kier alpha value is -2.68. The highest BCUT2D eigenvalue weighted by atomic mass is 16.1. The molecule has 104 valence electrons. The summed E-state index contributed by atoms with van der Waals surface area (Å²) in [6, 6.07) is 14.0. The molecule has 0 fully saturated rings. The number of aryl methyl sites for hydroxylation is 1. The van der Waals surface area contributed by atoms with Crippen molar-refractivity contribution >= 4 is 22.8 Å². The average Bonchev–Trinajstić information content (AvgIpc) is 2.83. The Morgan fingerprint density at radius 2 is 1.81 bits per heavy atom. The van der Waals surface area contributed by atoms with Crippen LogP contribution < -0.4 is 0 Å². The normalized spacial score (nSPS) is 10.8. The molecule has 0 unspecified atom stereocenters. The Balaban J connectivity index is 2.31. The zero-order valence-electron chi connectivity index (χ0n) is 11.9. The van der Waals surface area contributed by atoms with Gasteiger partial charge in [-0.3, -0.25) is 9.59 Å². The quantitative estimate of drug-likeness (QED) is 0.577. The summed E-state index contributed by atoms with van der Waals surface area (Å²) in [5.74, 6) is -0.0417. The summed E-state index contributed by atoms with van der Waals surface area (Å²) in [4.78, 5) is 26.2. The molecule has 0 saturated carbocycles. The lowest BCUT2D eigenvalue weighted by atomic mass is 9.96. The molecule has 3 heteroatoms. The number of Topliss-reactive ketones (excluding diaryl/α,β-unsaturated/α-hetero) is 1. The first-order valence-corrected chi connectivity index (χ1v) is 6.79. The summed E-state index contributed by atoms with van der Waals surface area (Å²) >= 11 is 0. The number of aromatic amines is 1. The van der Waals surface area contributed by atoms with Crippen molar-refractivity contribution < 1.29 is 9.59 Å². The molecule has 0 bridgehead atoms. The Bertz CT molecular complexity index is 859. The van der Waals surface area contributed by atoms with Crippen molar-refractivity contribution in [2.24, 2.45) is 0 Å². The summed E-state index contributed by atoms with van der Waals surface area (Å²) in [7, 11) is 0. The molecule has 1 N–H and O–H groups in total. The number of aldehydes is 1. The number of carbonyl (C=O) groups excluding carboxylic acids is 2. The zero-order chi connectivity index (χ0) is 15.0. The van der Waals surface area contributed by atoms with Gasteiger partial charge in [0.2, 0.25) is 0 Å². The van der Waals surface area contributed by atoms with Crippen molar-refractivity contribution in [2.45, 2.75) is 13.8 Å². The third-order valence-corrected chi connectivity index (χ3v) is 3.72. The summed E-state index contributed by atoms with van der Waals surface area (Å²) in [6.45, 7) is 3.34. The number of H-pyrrole nitrogens is 1. The SMILES string of the molecule is CC(=O)c1c(C)[nH]c(C=O)c1-c1ccc2ccccc2c1. The molecule has 0 atom stereocenters. The van der Waals surface area contributed by atoms with Crippen LogP contribution in [0.4, 0.5) is 0 Å². The number of nitrogens with one attached hydrogen (secondary N) is 1. The number of benzene rings is 2. The lowest BCUT2D eigenvalue weighted by molar-refractivity contribution is 0.101. The van der Waals surface area contributed by atoms with Crippen LogP contribution in [-0.4, -0.2) is 17.1 Å². The molecule has 3 nitrogen and oxygen atoms in total. The van der Waals surface area contributed by atoms with Crippen LogP contribution in [0, 0.1) is 6.92 Å². The molecule has 1 heterocycles. The van der Waals surface area contributed by atoms with Crippen LogP contribution in [0.15, 0.2) is 42.5 Å². The van der Waals surface area contributed by atoms with Gasteiger partial charge in [-0.1, -0.05) is 36.4 Å². The molecule has 0 aliphatic carbocycles. The highest BCUT2D eigenvalue weighted by Gasteiger charge is 2.19. The number of hydrogen-bond donors (Lipinski definition) is 1. The fourth-order valence-corrected chi connectivity index (χ4v) is 2.82. The molecule has 21 heavy (non-hydrogen) atoms. The molecule has 2 aromatic carbocycles. The summed E-state index contributed by atoms with van der Waals surface area (Å²) in [5.41, 5.74) is 3.35. The number of aromatic nitrogens is 1. The van der Waals surface area contributed by atoms with Crippen molar-refractivity contribution in [3.8, 4) is 11.1 Å². The van der Waals surface area contributed by atoms with Gasteiger partial charge in [-0.05, 0) is 36.2 Å². The van der Waals surface area contributed by atoms with E-state index in [1.54, 1.807) is 0 Å². The van der Waals surface area contributed by atoms with E-state index in [1.165, 1.54) is 6.92 Å². The number of fused-ring (bicyclic) bond motifs is 1. The molecular formula is C18H15NO2. The third-order valence-electron chi connectivity index (χ3n) is 3.72. The maximum absolute atomic E-state index is 11.9. The van der Waals surface area contributed by atoms with Gasteiger partial charge in [-0.25, -0.2) is 0 Å². The van der Waals surface area contributed by atoms with E-state index in [2.05, 4.69) is 4.98 Å². The Kier molecular flexibility index (Phi) is 3.18. The molecule has 3 rings (SSSR count). The van der Waals surface area contributed by atoms with Gasteiger partial charge in [0.15, 0.2) is 12.1 Å². The van der Waals surface area contributed by atoms with E-state index >= 15 is 0 Å². The van der Waals surface area contributed by atoms with E-state index in [1.807, 2.05) is 49.4 Å².